The van der Waals surface area contributed by atoms with E-state index in [0.29, 0.717) is 11.3 Å². The summed E-state index contributed by atoms with van der Waals surface area (Å²) in [7, 11) is 1.77. The van der Waals surface area contributed by atoms with Crippen LogP contribution < -0.4 is 5.73 Å². The number of nitrogen functional groups attached to an aromatic ring is 1. The first-order valence-electron chi connectivity index (χ1n) is 5.03. The van der Waals surface area contributed by atoms with Gasteiger partial charge in [0.25, 0.3) is 5.91 Å². The number of carbonyl (C=O) groups excluding carboxylic acids is 1. The van der Waals surface area contributed by atoms with E-state index in [0.717, 1.165) is 18.7 Å². The zero-order chi connectivity index (χ0) is 11.4. The van der Waals surface area contributed by atoms with Crippen molar-refractivity contribution < 1.29 is 4.79 Å². The first-order valence-corrected chi connectivity index (χ1v) is 5.03. The molecule has 1 aromatic heterocycles. The molecule has 0 aliphatic heterocycles. The maximum Gasteiger partial charge on any atom is 0.257 e. The number of aromatic nitrogens is 1. The topological polar surface area (TPSA) is 59.2 Å². The summed E-state index contributed by atoms with van der Waals surface area (Å²) in [5, 5.41) is 0. The fraction of sp³-hybridized carbons (Fsp3) is 0.455. The fourth-order valence-electron chi connectivity index (χ4n) is 1.40. The standard InChI is InChI=1S/C11H17N3O/c1-4-5-14(3)11(15)9-7-13-8(2)6-10(9)12/h6-7H,4-5H2,1-3H3,(H2,12,13). The Labute approximate surface area is 90.1 Å². The Morgan fingerprint density at radius 2 is 2.27 bits per heavy atom. The van der Waals surface area contributed by atoms with E-state index in [9.17, 15) is 4.79 Å². The van der Waals surface area contributed by atoms with Gasteiger partial charge in [-0.2, -0.15) is 0 Å². The molecular weight excluding hydrogens is 190 g/mol. The summed E-state index contributed by atoms with van der Waals surface area (Å²) in [6, 6.07) is 1.72. The fourth-order valence-corrected chi connectivity index (χ4v) is 1.40. The van der Waals surface area contributed by atoms with Gasteiger partial charge in [0.05, 0.1) is 5.56 Å². The highest BCUT2D eigenvalue weighted by molar-refractivity contribution is 5.98. The average Bonchev–Trinajstić information content (AvgIpc) is 2.17. The van der Waals surface area contributed by atoms with Crippen LogP contribution in [0.1, 0.15) is 29.4 Å². The summed E-state index contributed by atoms with van der Waals surface area (Å²) in [6.45, 7) is 4.60. The van der Waals surface area contributed by atoms with E-state index >= 15 is 0 Å². The lowest BCUT2D eigenvalue weighted by atomic mass is 10.2. The molecule has 1 heterocycles. The lowest BCUT2D eigenvalue weighted by molar-refractivity contribution is 0.0796. The molecule has 2 N–H and O–H groups in total. The Hall–Kier alpha value is -1.58. The molecule has 1 aromatic rings. The molecule has 0 bridgehead atoms. The zero-order valence-corrected chi connectivity index (χ0v) is 9.45. The van der Waals surface area contributed by atoms with Crippen LogP contribution in [0.3, 0.4) is 0 Å². The molecular formula is C11H17N3O. The Morgan fingerprint density at radius 1 is 1.60 bits per heavy atom. The van der Waals surface area contributed by atoms with Gasteiger partial charge >= 0.3 is 0 Å². The normalized spacial score (nSPS) is 10.1. The molecule has 0 aliphatic rings. The van der Waals surface area contributed by atoms with Gasteiger partial charge in [0.15, 0.2) is 0 Å². The van der Waals surface area contributed by atoms with Gasteiger partial charge in [-0.3, -0.25) is 9.78 Å². The molecule has 0 aliphatic carbocycles. The number of anilines is 1. The van der Waals surface area contributed by atoms with Crippen molar-refractivity contribution in [3.8, 4) is 0 Å². The Kier molecular flexibility index (Phi) is 3.66. The third-order valence-corrected chi connectivity index (χ3v) is 2.21. The van der Waals surface area contributed by atoms with Gasteiger partial charge in [-0.25, -0.2) is 0 Å². The molecule has 0 saturated carbocycles. The van der Waals surface area contributed by atoms with Gasteiger partial charge in [0, 0.05) is 31.2 Å². The van der Waals surface area contributed by atoms with Crippen LogP contribution in [0.2, 0.25) is 0 Å². The van der Waals surface area contributed by atoms with Crippen molar-refractivity contribution in [2.24, 2.45) is 0 Å². The van der Waals surface area contributed by atoms with Gasteiger partial charge < -0.3 is 10.6 Å². The number of nitrogens with two attached hydrogens (primary N) is 1. The number of pyridine rings is 1. The number of hydrogen-bond acceptors (Lipinski definition) is 3. The summed E-state index contributed by atoms with van der Waals surface area (Å²) in [5.74, 6) is -0.0677. The van der Waals surface area contributed by atoms with E-state index in [-0.39, 0.29) is 5.91 Å². The highest BCUT2D eigenvalue weighted by Crippen LogP contribution is 2.13. The second-order valence-corrected chi connectivity index (χ2v) is 3.64. The maximum absolute atomic E-state index is 11.9. The summed E-state index contributed by atoms with van der Waals surface area (Å²) in [6.07, 6.45) is 2.47. The van der Waals surface area contributed by atoms with Crippen LogP contribution in [0.5, 0.6) is 0 Å². The van der Waals surface area contributed by atoms with E-state index in [1.54, 1.807) is 24.2 Å². The monoisotopic (exact) mass is 207 g/mol. The van der Waals surface area contributed by atoms with E-state index < -0.39 is 0 Å². The number of amides is 1. The molecule has 0 aromatic carbocycles. The average molecular weight is 207 g/mol. The first kappa shape index (κ1) is 11.5. The maximum atomic E-state index is 11.9. The van der Waals surface area contributed by atoms with Crippen molar-refractivity contribution in [1.82, 2.24) is 9.88 Å². The smallest absolute Gasteiger partial charge is 0.257 e. The molecule has 1 rings (SSSR count). The van der Waals surface area contributed by atoms with Crippen LogP contribution in [0, 0.1) is 6.92 Å². The lowest BCUT2D eigenvalue weighted by Crippen LogP contribution is -2.28. The van der Waals surface area contributed by atoms with Gasteiger partial charge in [0.1, 0.15) is 0 Å². The van der Waals surface area contributed by atoms with Gasteiger partial charge in [0.2, 0.25) is 0 Å². The third-order valence-electron chi connectivity index (χ3n) is 2.21. The summed E-state index contributed by atoms with van der Waals surface area (Å²) in [4.78, 5) is 17.6. The van der Waals surface area contributed by atoms with Gasteiger partial charge in [-0.1, -0.05) is 6.92 Å². The molecule has 0 saturated heterocycles. The molecule has 4 nitrogen and oxygen atoms in total. The Bertz CT molecular complexity index is 363. The van der Waals surface area contributed by atoms with Crippen LogP contribution >= 0.6 is 0 Å². The van der Waals surface area contributed by atoms with Crippen molar-refractivity contribution in [3.63, 3.8) is 0 Å². The Balaban J connectivity index is 2.91. The van der Waals surface area contributed by atoms with Crippen LogP contribution in [-0.4, -0.2) is 29.4 Å². The van der Waals surface area contributed by atoms with Gasteiger partial charge in [-0.15, -0.1) is 0 Å². The lowest BCUT2D eigenvalue weighted by Gasteiger charge is -2.16. The van der Waals surface area contributed by atoms with Crippen LogP contribution in [0.4, 0.5) is 5.69 Å². The highest BCUT2D eigenvalue weighted by atomic mass is 16.2. The largest absolute Gasteiger partial charge is 0.398 e. The van der Waals surface area contributed by atoms with Crippen molar-refractivity contribution in [2.75, 3.05) is 19.3 Å². The van der Waals surface area contributed by atoms with E-state index in [2.05, 4.69) is 4.98 Å². The van der Waals surface area contributed by atoms with Crippen LogP contribution in [-0.2, 0) is 0 Å². The molecule has 0 unspecified atom stereocenters. The van der Waals surface area contributed by atoms with Crippen molar-refractivity contribution in [2.45, 2.75) is 20.3 Å². The number of hydrogen-bond donors (Lipinski definition) is 1. The summed E-state index contributed by atoms with van der Waals surface area (Å²) >= 11 is 0. The number of rotatable bonds is 3. The SMILES string of the molecule is CCCN(C)C(=O)c1cnc(C)cc1N. The minimum Gasteiger partial charge on any atom is -0.398 e. The predicted octanol–water partition coefficient (Wildman–Crippen LogP) is 1.45. The number of carbonyl (C=O) groups is 1. The van der Waals surface area contributed by atoms with E-state index in [1.807, 2.05) is 13.8 Å². The first-order chi connectivity index (χ1) is 7.06. The molecule has 0 radical (unpaired) electrons. The molecule has 0 fully saturated rings. The highest BCUT2D eigenvalue weighted by Gasteiger charge is 2.14. The minimum atomic E-state index is -0.0677. The molecule has 15 heavy (non-hydrogen) atoms. The van der Waals surface area contributed by atoms with Crippen LogP contribution in [0.15, 0.2) is 12.3 Å². The minimum absolute atomic E-state index is 0.0677. The molecule has 0 spiro atoms. The predicted molar refractivity (Wildman–Crippen MR) is 60.6 cm³/mol. The number of nitrogens with zero attached hydrogens (tertiary/aromatic N) is 2. The summed E-state index contributed by atoms with van der Waals surface area (Å²) < 4.78 is 0. The molecule has 0 atom stereocenters. The quantitative estimate of drug-likeness (QED) is 0.816. The van der Waals surface area contributed by atoms with Gasteiger partial charge in [-0.05, 0) is 19.4 Å². The summed E-state index contributed by atoms with van der Waals surface area (Å²) in [5.41, 5.74) is 7.57. The molecule has 82 valence electrons. The van der Waals surface area contributed by atoms with Crippen molar-refractivity contribution >= 4 is 11.6 Å². The molecule has 4 heteroatoms. The number of aryl methyl sites for hydroxylation is 1. The van der Waals surface area contributed by atoms with Crippen LogP contribution in [0.25, 0.3) is 0 Å². The second-order valence-electron chi connectivity index (χ2n) is 3.64. The van der Waals surface area contributed by atoms with Crippen molar-refractivity contribution in [1.29, 1.82) is 0 Å². The van der Waals surface area contributed by atoms with Crippen molar-refractivity contribution in [3.05, 3.63) is 23.5 Å². The van der Waals surface area contributed by atoms with E-state index in [4.69, 9.17) is 5.73 Å². The van der Waals surface area contributed by atoms with E-state index in [1.165, 1.54) is 0 Å². The Morgan fingerprint density at radius 3 is 2.80 bits per heavy atom. The third kappa shape index (κ3) is 2.68. The zero-order valence-electron chi connectivity index (χ0n) is 9.45. The molecule has 1 amide bonds. The second kappa shape index (κ2) is 4.77.